The molecule has 0 spiro atoms. The molecule has 2 aliphatic carbocycles. The predicted molar refractivity (Wildman–Crippen MR) is 185 cm³/mol. The van der Waals surface area contributed by atoms with Crippen LogP contribution in [-0.2, 0) is 40.8 Å². The quantitative estimate of drug-likeness (QED) is 0.133. The van der Waals surface area contributed by atoms with Gasteiger partial charge in [-0.15, -0.1) is 0 Å². The van der Waals surface area contributed by atoms with E-state index < -0.39 is 75.7 Å². The van der Waals surface area contributed by atoms with Gasteiger partial charge in [-0.25, -0.2) is 35.9 Å². The van der Waals surface area contributed by atoms with E-state index >= 15 is 8.78 Å². The van der Waals surface area contributed by atoms with Crippen molar-refractivity contribution in [3.63, 3.8) is 0 Å². The van der Waals surface area contributed by atoms with Gasteiger partial charge in [0.25, 0.3) is 12.3 Å². The number of halogens is 7. The lowest BCUT2D eigenvalue weighted by Crippen LogP contribution is -2.35. The van der Waals surface area contributed by atoms with E-state index in [4.69, 9.17) is 16.6 Å². The number of benzene rings is 2. The Morgan fingerprint density at radius 2 is 1.80 bits per heavy atom. The van der Waals surface area contributed by atoms with Gasteiger partial charge >= 0.3 is 0 Å². The molecule has 2 aromatic carbocycles. The zero-order valence-corrected chi connectivity index (χ0v) is 29.9. The second kappa shape index (κ2) is 12.4. The number of nitrogens with one attached hydrogen (secondary N) is 3. The molecule has 12 nitrogen and oxygen atoms in total. The SMILES string of the molecule is Cc1nc2nc([C@H](Cc3cc(F)cc(F)c3)NC(=O)Cn3nc(C(F)F)c4c3C(F)(F)C3C[C@H]43)c(-c3ccc(Cl)c4c(NS(C)(=O)=O)nn(C)c34)cc2[nH]1. The molecular weight excluding hydrogens is 764 g/mol. The highest BCUT2D eigenvalue weighted by atomic mass is 35.5. The molecule has 282 valence electrons. The van der Waals surface area contributed by atoms with Crippen LogP contribution < -0.4 is 10.0 Å². The molecule has 20 heteroatoms. The van der Waals surface area contributed by atoms with Crippen molar-refractivity contribution in [2.75, 3.05) is 11.0 Å². The van der Waals surface area contributed by atoms with Gasteiger partial charge in [-0.1, -0.05) is 17.7 Å². The summed E-state index contributed by atoms with van der Waals surface area (Å²) < 4.78 is 116. The van der Waals surface area contributed by atoms with Crippen LogP contribution in [0.15, 0.2) is 36.4 Å². The van der Waals surface area contributed by atoms with Crippen LogP contribution in [0, 0.1) is 24.5 Å². The number of anilines is 1. The Kier molecular flexibility index (Phi) is 8.26. The molecular formula is C34H28ClF6N9O3S. The van der Waals surface area contributed by atoms with E-state index in [0.29, 0.717) is 38.7 Å². The molecule has 6 aromatic rings. The standard InChI is InChI=1S/C34H28ClF6N9O3S/c1-13-42-23-11-18(17-4-5-21(35)26-29(17)49(2)47-33(26)48-54(3,52)53)27(45-32(23)43-13)22(8-14-6-15(36)9-16(37)7-14)44-24(51)12-50-30-25(28(46-50)31(38)39)19-10-20(19)34(30,40)41/h4-7,9,11,19-20,22,31H,8,10,12H2,1-3H3,(H,44,51)(H,47,48)(H,42,43,45)/t19-,20?,22-/m0/s1. The number of pyridine rings is 1. The highest BCUT2D eigenvalue weighted by Crippen LogP contribution is 2.68. The van der Waals surface area contributed by atoms with Crippen molar-refractivity contribution < 1.29 is 39.6 Å². The molecule has 0 aliphatic heterocycles. The molecule has 3 atom stereocenters. The van der Waals surface area contributed by atoms with Gasteiger partial charge in [0.1, 0.15) is 35.4 Å². The van der Waals surface area contributed by atoms with Crippen molar-refractivity contribution in [1.82, 2.24) is 39.8 Å². The number of alkyl halides is 4. The summed E-state index contributed by atoms with van der Waals surface area (Å²) in [5.74, 6) is -7.77. The number of hydrogen-bond donors (Lipinski definition) is 3. The van der Waals surface area contributed by atoms with Crippen LogP contribution in [-0.4, -0.2) is 55.1 Å². The van der Waals surface area contributed by atoms with Crippen LogP contribution >= 0.6 is 11.6 Å². The Balaban J connectivity index is 1.28. The number of aromatic amines is 1. The van der Waals surface area contributed by atoms with E-state index in [1.807, 2.05) is 0 Å². The van der Waals surface area contributed by atoms with Gasteiger partial charge in [0.2, 0.25) is 15.9 Å². The number of imidazole rings is 1. The second-order valence-electron chi connectivity index (χ2n) is 13.6. The number of carbonyl (C=O) groups excluding carboxylic acids is 1. The maximum absolute atomic E-state index is 15.3. The van der Waals surface area contributed by atoms with Crippen molar-refractivity contribution in [2.24, 2.45) is 13.0 Å². The lowest BCUT2D eigenvalue weighted by atomic mass is 9.94. The van der Waals surface area contributed by atoms with Crippen molar-refractivity contribution in [3.05, 3.63) is 87.1 Å². The number of fused-ring (bicyclic) bond motifs is 5. The molecule has 4 aromatic heterocycles. The fourth-order valence-corrected chi connectivity index (χ4v) is 8.27. The van der Waals surface area contributed by atoms with Gasteiger partial charge in [-0.05, 0) is 55.5 Å². The number of H-pyrrole nitrogens is 1. The first-order valence-electron chi connectivity index (χ1n) is 16.4. The van der Waals surface area contributed by atoms with Crippen LogP contribution in [0.1, 0.15) is 58.8 Å². The van der Waals surface area contributed by atoms with E-state index in [1.165, 1.54) is 10.7 Å². The number of aromatic nitrogens is 7. The third-order valence-corrected chi connectivity index (χ3v) is 10.5. The van der Waals surface area contributed by atoms with Gasteiger partial charge in [0.15, 0.2) is 11.5 Å². The maximum atomic E-state index is 15.3. The van der Waals surface area contributed by atoms with Crippen LogP contribution in [0.2, 0.25) is 5.02 Å². The molecule has 54 heavy (non-hydrogen) atoms. The minimum absolute atomic E-state index is 0.0356. The van der Waals surface area contributed by atoms with E-state index in [9.17, 15) is 30.8 Å². The molecule has 0 radical (unpaired) electrons. The molecule has 1 fully saturated rings. The number of carbonyl (C=O) groups is 1. The Morgan fingerprint density at radius 3 is 2.48 bits per heavy atom. The fourth-order valence-electron chi connectivity index (χ4n) is 7.53. The molecule has 1 amide bonds. The second-order valence-corrected chi connectivity index (χ2v) is 15.7. The van der Waals surface area contributed by atoms with Crippen LogP contribution in [0.4, 0.5) is 32.2 Å². The summed E-state index contributed by atoms with van der Waals surface area (Å²) in [7, 11) is -2.26. The lowest BCUT2D eigenvalue weighted by molar-refractivity contribution is -0.123. The zero-order chi connectivity index (χ0) is 38.6. The monoisotopic (exact) mass is 791 g/mol. The van der Waals surface area contributed by atoms with E-state index in [1.54, 1.807) is 26.1 Å². The van der Waals surface area contributed by atoms with E-state index in [0.717, 1.165) is 18.4 Å². The molecule has 1 saturated carbocycles. The molecule has 1 unspecified atom stereocenters. The Morgan fingerprint density at radius 1 is 1.07 bits per heavy atom. The lowest BCUT2D eigenvalue weighted by Gasteiger charge is -2.23. The van der Waals surface area contributed by atoms with E-state index in [2.05, 4.69) is 30.2 Å². The summed E-state index contributed by atoms with van der Waals surface area (Å²) in [5.41, 5.74) is 0.0759. The summed E-state index contributed by atoms with van der Waals surface area (Å²) in [4.78, 5) is 26.1. The normalized spacial score (nSPS) is 18.0. The number of nitrogens with zero attached hydrogens (tertiary/aromatic N) is 6. The van der Waals surface area contributed by atoms with Crippen LogP contribution in [0.5, 0.6) is 0 Å². The molecule has 3 N–H and O–H groups in total. The average Bonchev–Trinajstić information content (AvgIpc) is 3.37. The highest BCUT2D eigenvalue weighted by Gasteiger charge is 2.67. The summed E-state index contributed by atoms with van der Waals surface area (Å²) in [6.07, 6.45) is -2.47. The maximum Gasteiger partial charge on any atom is 0.293 e. The summed E-state index contributed by atoms with van der Waals surface area (Å²) in [6, 6.07) is 6.27. The van der Waals surface area contributed by atoms with Gasteiger partial charge in [0.05, 0.1) is 39.4 Å². The first-order valence-corrected chi connectivity index (χ1v) is 18.7. The third kappa shape index (κ3) is 6.11. The average molecular weight is 792 g/mol. The van der Waals surface area contributed by atoms with Crippen LogP contribution in [0.25, 0.3) is 33.2 Å². The Bertz CT molecular complexity index is 2640. The van der Waals surface area contributed by atoms with Gasteiger partial charge in [-0.3, -0.25) is 18.9 Å². The first-order chi connectivity index (χ1) is 25.4. The number of aryl methyl sites for hydroxylation is 2. The van der Waals surface area contributed by atoms with Crippen molar-refractivity contribution in [3.8, 4) is 11.1 Å². The molecule has 8 rings (SSSR count). The summed E-state index contributed by atoms with van der Waals surface area (Å²) in [5, 5.41) is 11.2. The first kappa shape index (κ1) is 35.8. The fraction of sp³-hybridized carbons (Fsp3) is 0.324. The highest BCUT2D eigenvalue weighted by molar-refractivity contribution is 7.92. The smallest absolute Gasteiger partial charge is 0.293 e. The van der Waals surface area contributed by atoms with Gasteiger partial charge in [0, 0.05) is 35.7 Å². The largest absolute Gasteiger partial charge is 0.346 e. The van der Waals surface area contributed by atoms with Crippen LogP contribution in [0.3, 0.4) is 0 Å². The molecule has 0 saturated heterocycles. The van der Waals surface area contributed by atoms with Gasteiger partial charge in [-0.2, -0.15) is 19.0 Å². The van der Waals surface area contributed by atoms with Crippen molar-refractivity contribution in [1.29, 1.82) is 0 Å². The Labute approximate surface area is 307 Å². The minimum Gasteiger partial charge on any atom is -0.346 e. The topological polar surface area (TPSA) is 152 Å². The minimum atomic E-state index is -3.81. The summed E-state index contributed by atoms with van der Waals surface area (Å²) >= 11 is 6.58. The van der Waals surface area contributed by atoms with Gasteiger partial charge < -0.3 is 10.3 Å². The predicted octanol–water partition coefficient (Wildman–Crippen LogP) is 6.57. The van der Waals surface area contributed by atoms with E-state index in [-0.39, 0.29) is 51.5 Å². The number of hydrogen-bond acceptors (Lipinski definition) is 7. The number of sulfonamides is 1. The zero-order valence-electron chi connectivity index (χ0n) is 28.4. The molecule has 0 bridgehead atoms. The Hall–Kier alpha value is -5.17. The number of rotatable bonds is 10. The molecule has 2 aliphatic rings. The van der Waals surface area contributed by atoms with Crippen molar-refractivity contribution >= 4 is 55.4 Å². The van der Waals surface area contributed by atoms with Crippen molar-refractivity contribution in [2.45, 2.75) is 50.6 Å². The molecule has 4 heterocycles. The number of amides is 1. The third-order valence-electron chi connectivity index (χ3n) is 9.62. The summed E-state index contributed by atoms with van der Waals surface area (Å²) in [6.45, 7) is 0.793.